The van der Waals surface area contributed by atoms with E-state index in [1.54, 1.807) is 0 Å². The molecule has 4 nitrogen and oxygen atoms in total. The predicted molar refractivity (Wildman–Crippen MR) is 134 cm³/mol. The van der Waals surface area contributed by atoms with Crippen molar-refractivity contribution in [1.82, 2.24) is 9.21 Å². The van der Waals surface area contributed by atoms with E-state index in [0.29, 0.717) is 0 Å². The lowest BCUT2D eigenvalue weighted by Gasteiger charge is -2.49. The Hall–Kier alpha value is -2.12. The summed E-state index contributed by atoms with van der Waals surface area (Å²) >= 11 is 1.88. The number of allylic oxidation sites excluding steroid dienone is 2. The van der Waals surface area contributed by atoms with Crippen LogP contribution in [0.1, 0.15) is 19.8 Å². The number of ether oxygens (including phenoxy) is 1. The average Bonchev–Trinajstić information content (AvgIpc) is 2.82. The number of fused-ring (bicyclic) bond motifs is 1. The highest BCUT2D eigenvalue weighted by molar-refractivity contribution is 7.97. The molecule has 0 radical (unpaired) electrons. The zero-order valence-electron chi connectivity index (χ0n) is 19.2. The van der Waals surface area contributed by atoms with Gasteiger partial charge in [0, 0.05) is 54.4 Å². The third-order valence-electron chi connectivity index (χ3n) is 6.90. The van der Waals surface area contributed by atoms with Gasteiger partial charge in [0.2, 0.25) is 0 Å². The molecular weight excluding hydrogens is 433 g/mol. The van der Waals surface area contributed by atoms with Crippen LogP contribution in [0, 0.1) is 11.2 Å². The van der Waals surface area contributed by atoms with Crippen molar-refractivity contribution in [2.24, 2.45) is 5.41 Å². The van der Waals surface area contributed by atoms with Gasteiger partial charge in [-0.1, -0.05) is 23.8 Å². The Kier molecular flexibility index (Phi) is 6.88. The molecular formula is C27H32FN3OS. The molecule has 1 atom stereocenters. The number of benzene rings is 2. The molecule has 0 bridgehead atoms. The number of morpholine rings is 1. The van der Waals surface area contributed by atoms with Gasteiger partial charge >= 0.3 is 0 Å². The summed E-state index contributed by atoms with van der Waals surface area (Å²) in [7, 11) is 0. The molecule has 33 heavy (non-hydrogen) atoms. The number of rotatable bonds is 6. The molecule has 5 rings (SSSR count). The number of hydrogen-bond donors (Lipinski definition) is 1. The van der Waals surface area contributed by atoms with Crippen LogP contribution < -0.4 is 5.32 Å². The number of anilines is 1. The van der Waals surface area contributed by atoms with E-state index in [-0.39, 0.29) is 11.2 Å². The maximum atomic E-state index is 13.4. The minimum atomic E-state index is -0.207. The van der Waals surface area contributed by atoms with Crippen molar-refractivity contribution in [3.8, 4) is 0 Å². The Morgan fingerprint density at radius 3 is 2.55 bits per heavy atom. The lowest BCUT2D eigenvalue weighted by atomic mass is 9.68. The first-order valence-electron chi connectivity index (χ1n) is 11.8. The van der Waals surface area contributed by atoms with Gasteiger partial charge in [0.1, 0.15) is 5.82 Å². The second-order valence-electron chi connectivity index (χ2n) is 9.36. The molecule has 1 aliphatic carbocycles. The number of piperidine rings is 1. The van der Waals surface area contributed by atoms with Crippen LogP contribution in [0.2, 0.25) is 0 Å². The van der Waals surface area contributed by atoms with Gasteiger partial charge < -0.3 is 10.1 Å². The average molecular weight is 466 g/mol. The van der Waals surface area contributed by atoms with Crippen LogP contribution in [0.25, 0.3) is 0 Å². The van der Waals surface area contributed by atoms with Gasteiger partial charge in [0.15, 0.2) is 0 Å². The third-order valence-corrected chi connectivity index (χ3v) is 7.96. The molecule has 6 heteroatoms. The summed E-state index contributed by atoms with van der Waals surface area (Å²) in [4.78, 5) is 3.88. The number of hydrogen-bond acceptors (Lipinski definition) is 5. The molecule has 1 unspecified atom stereocenters. The van der Waals surface area contributed by atoms with Crippen molar-refractivity contribution < 1.29 is 9.13 Å². The number of halogens is 1. The molecule has 2 aromatic carbocycles. The molecule has 0 spiro atoms. The van der Waals surface area contributed by atoms with Crippen LogP contribution in [0.3, 0.4) is 0 Å². The highest BCUT2D eigenvalue weighted by Gasteiger charge is 2.43. The Bertz CT molecular complexity index is 1020. The van der Waals surface area contributed by atoms with E-state index in [1.165, 1.54) is 33.9 Å². The Morgan fingerprint density at radius 1 is 1.03 bits per heavy atom. The van der Waals surface area contributed by atoms with E-state index in [9.17, 15) is 4.39 Å². The summed E-state index contributed by atoms with van der Waals surface area (Å²) in [6.07, 6.45) is 4.48. The molecule has 0 saturated carbocycles. The predicted octanol–water partition coefficient (Wildman–Crippen LogP) is 5.57. The largest absolute Gasteiger partial charge is 0.379 e. The van der Waals surface area contributed by atoms with E-state index >= 15 is 0 Å². The lowest BCUT2D eigenvalue weighted by Crippen LogP contribution is -2.52. The summed E-state index contributed by atoms with van der Waals surface area (Å²) in [6, 6.07) is 17.3. The molecule has 2 fully saturated rings. The van der Waals surface area contributed by atoms with Gasteiger partial charge in [-0.3, -0.25) is 4.90 Å². The fraction of sp³-hybridized carbons (Fsp3) is 0.407. The van der Waals surface area contributed by atoms with Crippen molar-refractivity contribution in [1.29, 1.82) is 0 Å². The first kappa shape index (κ1) is 22.7. The monoisotopic (exact) mass is 465 g/mol. The smallest absolute Gasteiger partial charge is 0.123 e. The number of nitrogens with zero attached hydrogens (tertiary/aromatic N) is 2. The Morgan fingerprint density at radius 2 is 1.79 bits per heavy atom. The van der Waals surface area contributed by atoms with E-state index in [1.807, 2.05) is 24.1 Å². The summed E-state index contributed by atoms with van der Waals surface area (Å²) in [5.41, 5.74) is 5.10. The van der Waals surface area contributed by atoms with E-state index in [4.69, 9.17) is 4.74 Å². The summed E-state index contributed by atoms with van der Waals surface area (Å²) in [6.45, 7) is 9.04. The summed E-state index contributed by atoms with van der Waals surface area (Å²) < 4.78 is 21.5. The Balaban J connectivity index is 1.39. The molecule has 1 N–H and O–H groups in total. The Labute approximate surface area is 200 Å². The molecule has 2 aromatic rings. The van der Waals surface area contributed by atoms with Gasteiger partial charge in [-0.25, -0.2) is 8.70 Å². The quantitative estimate of drug-likeness (QED) is 0.563. The van der Waals surface area contributed by atoms with Crippen molar-refractivity contribution in [3.05, 3.63) is 83.3 Å². The van der Waals surface area contributed by atoms with Crippen LogP contribution in [-0.2, 0) is 4.74 Å². The fourth-order valence-electron chi connectivity index (χ4n) is 5.26. The standard InChI is InChI=1S/C27H32FN3OS/c1-21-18-27(19-30-13-15-32-16-14-30)20-31(33-25-5-3-2-4-6-25)12-11-22(27)17-26(21)29-24-9-7-23(28)8-10-24/h2-10,17,29H,11-16,18-20H2,1H3. The molecule has 2 saturated heterocycles. The van der Waals surface area contributed by atoms with Crippen molar-refractivity contribution in [2.45, 2.75) is 24.7 Å². The van der Waals surface area contributed by atoms with Crippen molar-refractivity contribution in [2.75, 3.05) is 51.3 Å². The first-order valence-corrected chi connectivity index (χ1v) is 12.6. The van der Waals surface area contributed by atoms with Gasteiger partial charge in [-0.15, -0.1) is 0 Å². The van der Waals surface area contributed by atoms with Crippen molar-refractivity contribution in [3.63, 3.8) is 0 Å². The van der Waals surface area contributed by atoms with E-state index in [0.717, 1.165) is 64.5 Å². The zero-order valence-corrected chi connectivity index (χ0v) is 20.0. The van der Waals surface area contributed by atoms with Crippen LogP contribution in [0.5, 0.6) is 0 Å². The van der Waals surface area contributed by atoms with Crippen LogP contribution in [0.4, 0.5) is 10.1 Å². The second-order valence-corrected chi connectivity index (χ2v) is 10.5. The van der Waals surface area contributed by atoms with Crippen LogP contribution in [-0.4, -0.2) is 55.1 Å². The second kappa shape index (κ2) is 10.0. The number of nitrogens with one attached hydrogen (secondary N) is 1. The topological polar surface area (TPSA) is 27.7 Å². The first-order chi connectivity index (χ1) is 16.1. The maximum absolute atomic E-state index is 13.4. The molecule has 0 amide bonds. The summed E-state index contributed by atoms with van der Waals surface area (Å²) in [5, 5.41) is 3.55. The highest BCUT2D eigenvalue weighted by Crippen LogP contribution is 2.47. The zero-order chi connectivity index (χ0) is 22.7. The molecule has 174 valence electrons. The summed E-state index contributed by atoms with van der Waals surface area (Å²) in [5.74, 6) is -0.207. The van der Waals surface area contributed by atoms with Gasteiger partial charge in [-0.2, -0.15) is 0 Å². The van der Waals surface area contributed by atoms with Crippen LogP contribution >= 0.6 is 11.9 Å². The van der Waals surface area contributed by atoms with Gasteiger partial charge in [0.25, 0.3) is 0 Å². The fourth-order valence-corrected chi connectivity index (χ4v) is 6.33. The van der Waals surface area contributed by atoms with Gasteiger partial charge in [0.05, 0.1) is 13.2 Å². The maximum Gasteiger partial charge on any atom is 0.123 e. The SMILES string of the molecule is CC1=C(Nc2ccc(F)cc2)C=C2CCN(Sc3ccccc3)CC2(CN2CCOCC2)C1. The molecule has 0 aromatic heterocycles. The van der Waals surface area contributed by atoms with Crippen molar-refractivity contribution >= 4 is 17.6 Å². The molecule has 3 aliphatic rings. The molecule has 2 heterocycles. The van der Waals surface area contributed by atoms with Gasteiger partial charge in [-0.05, 0) is 79.8 Å². The van der Waals surface area contributed by atoms with E-state index in [2.05, 4.69) is 57.9 Å². The van der Waals surface area contributed by atoms with E-state index < -0.39 is 0 Å². The third kappa shape index (κ3) is 5.35. The normalized spacial score (nSPS) is 24.4. The minimum Gasteiger partial charge on any atom is -0.379 e. The lowest BCUT2D eigenvalue weighted by molar-refractivity contribution is 0.0155. The highest BCUT2D eigenvalue weighted by atomic mass is 32.2. The molecule has 2 aliphatic heterocycles. The van der Waals surface area contributed by atoms with Crippen LogP contribution in [0.15, 0.2) is 82.4 Å². The minimum absolute atomic E-state index is 0.107.